The van der Waals surface area contributed by atoms with Crippen molar-refractivity contribution < 1.29 is 9.53 Å². The number of carbonyl (C=O) groups is 1. The molecule has 0 aliphatic heterocycles. The van der Waals surface area contributed by atoms with Gasteiger partial charge >= 0.3 is 0 Å². The number of rotatable bonds is 7. The van der Waals surface area contributed by atoms with E-state index in [-0.39, 0.29) is 11.5 Å². The summed E-state index contributed by atoms with van der Waals surface area (Å²) in [4.78, 5) is 35.9. The molecule has 170 valence electrons. The van der Waals surface area contributed by atoms with E-state index in [1.807, 2.05) is 44.1 Å². The van der Waals surface area contributed by atoms with E-state index in [2.05, 4.69) is 5.32 Å². The lowest BCUT2D eigenvalue weighted by Crippen LogP contribution is -2.36. The summed E-state index contributed by atoms with van der Waals surface area (Å²) in [6.07, 6.45) is 4.14. The molecule has 0 saturated heterocycles. The molecule has 1 unspecified atom stereocenters. The molecule has 0 spiro atoms. The minimum absolute atomic E-state index is 0.119. The second-order valence-electron chi connectivity index (χ2n) is 8.43. The Morgan fingerprint density at radius 2 is 2.03 bits per heavy atom. The maximum atomic E-state index is 13.7. The third kappa shape index (κ3) is 4.29. The third-order valence-electron chi connectivity index (χ3n) is 5.76. The SMILES string of the molecule is CCOc1ccccc1NC(=O)C(C)n1c(CN(C)C)nc2sc3c(c2c1=O)CCCC3. The molecule has 0 fully saturated rings. The number of nitrogens with zero attached hydrogens (tertiary/aromatic N) is 3. The van der Waals surface area contributed by atoms with E-state index in [9.17, 15) is 9.59 Å². The zero-order valence-electron chi connectivity index (χ0n) is 19.1. The van der Waals surface area contributed by atoms with E-state index in [1.54, 1.807) is 28.9 Å². The van der Waals surface area contributed by atoms with Crippen LogP contribution in [0.15, 0.2) is 29.1 Å². The number of aromatic nitrogens is 2. The monoisotopic (exact) mass is 454 g/mol. The summed E-state index contributed by atoms with van der Waals surface area (Å²) in [6, 6.07) is 6.61. The van der Waals surface area contributed by atoms with E-state index in [4.69, 9.17) is 9.72 Å². The van der Waals surface area contributed by atoms with Crippen LogP contribution in [-0.2, 0) is 24.2 Å². The maximum Gasteiger partial charge on any atom is 0.263 e. The molecule has 1 aliphatic rings. The van der Waals surface area contributed by atoms with Gasteiger partial charge in [0.2, 0.25) is 5.91 Å². The Balaban J connectivity index is 1.77. The number of anilines is 1. The number of ether oxygens (including phenoxy) is 1. The van der Waals surface area contributed by atoms with Crippen LogP contribution in [0.3, 0.4) is 0 Å². The van der Waals surface area contributed by atoms with Crippen LogP contribution >= 0.6 is 11.3 Å². The standard InChI is InChI=1S/C24H30N4O3S/c1-5-31-18-12-8-7-11-17(18)25-22(29)15(2)28-20(14-27(3)4)26-23-21(24(28)30)16-10-6-9-13-19(16)32-23/h7-8,11-12,15H,5-6,9-10,13-14H2,1-4H3,(H,25,29). The lowest BCUT2D eigenvalue weighted by molar-refractivity contribution is -0.119. The fourth-order valence-corrected chi connectivity index (χ4v) is 5.53. The van der Waals surface area contributed by atoms with Gasteiger partial charge in [-0.1, -0.05) is 12.1 Å². The van der Waals surface area contributed by atoms with Gasteiger partial charge in [-0.05, 0) is 71.3 Å². The molecule has 1 atom stereocenters. The summed E-state index contributed by atoms with van der Waals surface area (Å²) in [6.45, 7) is 4.63. The Hall–Kier alpha value is -2.71. The summed E-state index contributed by atoms with van der Waals surface area (Å²) in [7, 11) is 3.87. The van der Waals surface area contributed by atoms with Gasteiger partial charge in [0.25, 0.3) is 5.56 Å². The molecule has 0 bridgehead atoms. The smallest absolute Gasteiger partial charge is 0.263 e. The number of nitrogens with one attached hydrogen (secondary N) is 1. The highest BCUT2D eigenvalue weighted by molar-refractivity contribution is 7.18. The van der Waals surface area contributed by atoms with Crippen molar-refractivity contribution in [2.24, 2.45) is 0 Å². The average molecular weight is 455 g/mol. The van der Waals surface area contributed by atoms with Crippen LogP contribution in [0.2, 0.25) is 0 Å². The number of fused-ring (bicyclic) bond motifs is 3. The summed E-state index contributed by atoms with van der Waals surface area (Å²) >= 11 is 1.63. The quantitative estimate of drug-likeness (QED) is 0.584. The molecule has 4 rings (SSSR count). The number of carbonyl (C=O) groups excluding carboxylic acids is 1. The van der Waals surface area contributed by atoms with Crippen molar-refractivity contribution in [3.63, 3.8) is 0 Å². The van der Waals surface area contributed by atoms with Crippen LogP contribution in [0.5, 0.6) is 5.75 Å². The fourth-order valence-electron chi connectivity index (χ4n) is 4.26. The molecule has 2 aromatic heterocycles. The molecule has 1 aliphatic carbocycles. The van der Waals surface area contributed by atoms with Crippen molar-refractivity contribution in [3.05, 3.63) is 50.9 Å². The second kappa shape index (κ2) is 9.42. The number of benzene rings is 1. The number of para-hydroxylation sites is 2. The van der Waals surface area contributed by atoms with Gasteiger partial charge in [0.15, 0.2) is 0 Å². The summed E-state index contributed by atoms with van der Waals surface area (Å²) < 4.78 is 7.20. The molecule has 1 aromatic carbocycles. The first-order chi connectivity index (χ1) is 15.4. The predicted molar refractivity (Wildman–Crippen MR) is 129 cm³/mol. The van der Waals surface area contributed by atoms with Gasteiger partial charge in [-0.2, -0.15) is 0 Å². The van der Waals surface area contributed by atoms with Crippen molar-refractivity contribution in [2.75, 3.05) is 26.0 Å². The van der Waals surface area contributed by atoms with Gasteiger partial charge in [-0.3, -0.25) is 14.2 Å². The van der Waals surface area contributed by atoms with Gasteiger partial charge in [0.1, 0.15) is 22.4 Å². The molecule has 7 nitrogen and oxygen atoms in total. The second-order valence-corrected chi connectivity index (χ2v) is 9.51. The third-order valence-corrected chi connectivity index (χ3v) is 6.95. The Labute approximate surface area is 192 Å². The Morgan fingerprint density at radius 3 is 2.78 bits per heavy atom. The number of thiophene rings is 1. The molecule has 1 N–H and O–H groups in total. The molecular formula is C24H30N4O3S. The largest absolute Gasteiger partial charge is 0.492 e. The highest BCUT2D eigenvalue weighted by Gasteiger charge is 2.27. The number of hydrogen-bond donors (Lipinski definition) is 1. The highest BCUT2D eigenvalue weighted by atomic mass is 32.1. The highest BCUT2D eigenvalue weighted by Crippen LogP contribution is 2.34. The topological polar surface area (TPSA) is 76.5 Å². The number of amides is 1. The maximum absolute atomic E-state index is 13.7. The van der Waals surface area contributed by atoms with Crippen molar-refractivity contribution in [2.45, 2.75) is 52.1 Å². The Kier molecular flexibility index (Phi) is 6.62. The molecule has 32 heavy (non-hydrogen) atoms. The zero-order chi connectivity index (χ0) is 22.8. The lowest BCUT2D eigenvalue weighted by atomic mass is 9.97. The normalized spacial score (nSPS) is 14.4. The molecule has 0 saturated carbocycles. The predicted octanol–water partition coefficient (Wildman–Crippen LogP) is 4.00. The van der Waals surface area contributed by atoms with E-state index < -0.39 is 6.04 Å². The van der Waals surface area contributed by atoms with E-state index >= 15 is 0 Å². The Morgan fingerprint density at radius 1 is 1.28 bits per heavy atom. The first-order valence-corrected chi connectivity index (χ1v) is 12.0. The van der Waals surface area contributed by atoms with Crippen LogP contribution in [0.25, 0.3) is 10.2 Å². The van der Waals surface area contributed by atoms with Crippen LogP contribution in [0.1, 0.15) is 49.0 Å². The first-order valence-electron chi connectivity index (χ1n) is 11.1. The minimum Gasteiger partial charge on any atom is -0.492 e. The zero-order valence-corrected chi connectivity index (χ0v) is 19.9. The Bertz CT molecular complexity index is 1200. The van der Waals surface area contributed by atoms with Crippen LogP contribution < -0.4 is 15.6 Å². The van der Waals surface area contributed by atoms with Gasteiger partial charge < -0.3 is 15.0 Å². The molecule has 1 amide bonds. The molecule has 3 aromatic rings. The first kappa shape index (κ1) is 22.5. The summed E-state index contributed by atoms with van der Waals surface area (Å²) in [5.41, 5.74) is 1.61. The summed E-state index contributed by atoms with van der Waals surface area (Å²) in [5.74, 6) is 0.938. The lowest BCUT2D eigenvalue weighted by Gasteiger charge is -2.21. The molecular weight excluding hydrogens is 424 g/mol. The van der Waals surface area contributed by atoms with Gasteiger partial charge in [-0.25, -0.2) is 4.98 Å². The van der Waals surface area contributed by atoms with Gasteiger partial charge in [-0.15, -0.1) is 11.3 Å². The molecule has 8 heteroatoms. The van der Waals surface area contributed by atoms with Crippen LogP contribution in [-0.4, -0.2) is 41.1 Å². The average Bonchev–Trinajstić information content (AvgIpc) is 3.13. The van der Waals surface area contributed by atoms with Crippen molar-refractivity contribution in [3.8, 4) is 5.75 Å². The van der Waals surface area contributed by atoms with Crippen molar-refractivity contribution in [1.82, 2.24) is 14.5 Å². The van der Waals surface area contributed by atoms with Crippen LogP contribution in [0.4, 0.5) is 5.69 Å². The van der Waals surface area contributed by atoms with Crippen LogP contribution in [0, 0.1) is 0 Å². The van der Waals surface area contributed by atoms with Gasteiger partial charge in [0, 0.05) is 4.88 Å². The fraction of sp³-hybridized carbons (Fsp3) is 0.458. The number of aryl methyl sites for hydroxylation is 2. The molecule has 0 radical (unpaired) electrons. The van der Waals surface area contributed by atoms with E-state index in [0.717, 1.165) is 36.1 Å². The number of hydrogen-bond acceptors (Lipinski definition) is 6. The van der Waals surface area contributed by atoms with E-state index in [1.165, 1.54) is 4.88 Å². The van der Waals surface area contributed by atoms with Crippen molar-refractivity contribution >= 4 is 33.1 Å². The minimum atomic E-state index is -0.719. The summed E-state index contributed by atoms with van der Waals surface area (Å²) in [5, 5.41) is 3.64. The van der Waals surface area contributed by atoms with E-state index in [0.29, 0.717) is 35.8 Å². The van der Waals surface area contributed by atoms with Gasteiger partial charge in [0.05, 0.1) is 24.2 Å². The molecule has 2 heterocycles. The van der Waals surface area contributed by atoms with Crippen molar-refractivity contribution in [1.29, 1.82) is 0 Å².